The Morgan fingerprint density at radius 2 is 1.00 bits per heavy atom. The maximum absolute atomic E-state index is 10.8. The number of carboxylic acid groups (broad SMARTS) is 2. The van der Waals surface area contributed by atoms with Crippen molar-refractivity contribution in [3.63, 3.8) is 0 Å². The van der Waals surface area contributed by atoms with Gasteiger partial charge in [-0.3, -0.25) is 9.59 Å². The second kappa shape index (κ2) is 5.79. The Bertz CT molecular complexity index is 341. The fourth-order valence-electron chi connectivity index (χ4n) is 1.12. The highest BCUT2D eigenvalue weighted by atomic mass is 16.4. The molecule has 0 aliphatic rings. The lowest BCUT2D eigenvalue weighted by Gasteiger charge is -2.05. The molecular weight excluding hydrogens is 216 g/mol. The molecule has 0 bridgehead atoms. The summed E-state index contributed by atoms with van der Waals surface area (Å²) >= 11 is 0. The van der Waals surface area contributed by atoms with Gasteiger partial charge in [0, 0.05) is 12.8 Å². The zero-order valence-electron chi connectivity index (χ0n) is 8.94. The first-order valence-electron chi connectivity index (χ1n) is 4.43. The van der Waals surface area contributed by atoms with E-state index in [-0.39, 0.29) is 0 Å². The van der Waals surface area contributed by atoms with E-state index in [9.17, 15) is 19.2 Å². The lowest BCUT2D eigenvalue weighted by molar-refractivity contribution is -0.137. The van der Waals surface area contributed by atoms with Crippen molar-refractivity contribution in [3.8, 4) is 0 Å². The quantitative estimate of drug-likeness (QED) is 0.637. The number of hydrogen-bond donors (Lipinski definition) is 2. The molecule has 0 aromatic carbocycles. The molecule has 0 aromatic heterocycles. The van der Waals surface area contributed by atoms with Crippen molar-refractivity contribution < 1.29 is 29.4 Å². The van der Waals surface area contributed by atoms with E-state index in [4.69, 9.17) is 10.2 Å². The van der Waals surface area contributed by atoms with Crippen LogP contribution >= 0.6 is 0 Å². The molecule has 2 N–H and O–H groups in total. The van der Waals surface area contributed by atoms with Gasteiger partial charge in [-0.1, -0.05) is 0 Å². The molecule has 6 nitrogen and oxygen atoms in total. The van der Waals surface area contributed by atoms with Crippen LogP contribution in [-0.4, -0.2) is 33.7 Å². The van der Waals surface area contributed by atoms with Gasteiger partial charge < -0.3 is 10.2 Å². The first-order chi connectivity index (χ1) is 7.25. The molecular formula is C10H12O6. The highest BCUT2D eigenvalue weighted by molar-refractivity contribution is 6.04. The minimum Gasteiger partial charge on any atom is -0.478 e. The standard InChI is InChI=1S/C10H12O6/c1-5(11)3-7(9(13)14)8(10(15)16)4-6(2)12/h3-4H2,1-2H3,(H,13,14)(H,15,16)/b8-7+. The van der Waals surface area contributed by atoms with Crippen molar-refractivity contribution in [1.82, 2.24) is 0 Å². The summed E-state index contributed by atoms with van der Waals surface area (Å²) < 4.78 is 0. The average Bonchev–Trinajstić information content (AvgIpc) is 2.09. The van der Waals surface area contributed by atoms with Crippen molar-refractivity contribution in [3.05, 3.63) is 11.1 Å². The summed E-state index contributed by atoms with van der Waals surface area (Å²) in [6.45, 7) is 2.30. The maximum Gasteiger partial charge on any atom is 0.332 e. The van der Waals surface area contributed by atoms with Crippen LogP contribution in [0.1, 0.15) is 26.7 Å². The van der Waals surface area contributed by atoms with E-state index >= 15 is 0 Å². The van der Waals surface area contributed by atoms with Gasteiger partial charge in [0.15, 0.2) is 0 Å². The monoisotopic (exact) mass is 228 g/mol. The summed E-state index contributed by atoms with van der Waals surface area (Å²) in [5, 5.41) is 17.5. The van der Waals surface area contributed by atoms with Crippen molar-refractivity contribution in [1.29, 1.82) is 0 Å². The molecule has 0 saturated carbocycles. The molecule has 0 aliphatic carbocycles. The number of ketones is 2. The Kier molecular flexibility index (Phi) is 5.08. The highest BCUT2D eigenvalue weighted by Gasteiger charge is 2.22. The Labute approximate surface area is 91.6 Å². The van der Waals surface area contributed by atoms with Gasteiger partial charge in [0.1, 0.15) is 11.6 Å². The topological polar surface area (TPSA) is 109 Å². The zero-order chi connectivity index (χ0) is 12.9. The minimum atomic E-state index is -1.49. The summed E-state index contributed by atoms with van der Waals surface area (Å²) in [4.78, 5) is 43.1. The maximum atomic E-state index is 10.8. The summed E-state index contributed by atoms with van der Waals surface area (Å²) in [6.07, 6.45) is -0.992. The minimum absolute atomic E-state index is 0.472. The Morgan fingerprint density at radius 3 is 1.12 bits per heavy atom. The van der Waals surface area contributed by atoms with Crippen LogP contribution in [0, 0.1) is 0 Å². The first-order valence-corrected chi connectivity index (χ1v) is 4.43. The van der Waals surface area contributed by atoms with Crippen LogP contribution in [0.15, 0.2) is 11.1 Å². The Morgan fingerprint density at radius 1 is 0.750 bits per heavy atom. The largest absolute Gasteiger partial charge is 0.478 e. The SMILES string of the molecule is CC(=O)C/C(C(=O)O)=C(/CC(C)=O)C(=O)O. The second-order valence-electron chi connectivity index (χ2n) is 3.32. The number of Topliss-reactive ketones (excluding diaryl/α,β-unsaturated/α-hetero) is 2. The van der Waals surface area contributed by atoms with Gasteiger partial charge in [-0.05, 0) is 13.8 Å². The first kappa shape index (κ1) is 14.0. The van der Waals surface area contributed by atoms with Gasteiger partial charge in [0.2, 0.25) is 0 Å². The predicted molar refractivity (Wildman–Crippen MR) is 52.9 cm³/mol. The fourth-order valence-corrected chi connectivity index (χ4v) is 1.12. The van der Waals surface area contributed by atoms with E-state index in [1.807, 2.05) is 0 Å². The molecule has 16 heavy (non-hydrogen) atoms. The zero-order valence-corrected chi connectivity index (χ0v) is 8.94. The van der Waals surface area contributed by atoms with E-state index in [0.29, 0.717) is 0 Å². The third-order valence-corrected chi connectivity index (χ3v) is 1.73. The third-order valence-electron chi connectivity index (χ3n) is 1.73. The van der Waals surface area contributed by atoms with Crippen LogP contribution in [0.5, 0.6) is 0 Å². The van der Waals surface area contributed by atoms with Crippen LogP contribution in [-0.2, 0) is 19.2 Å². The van der Waals surface area contributed by atoms with E-state index < -0.39 is 47.5 Å². The van der Waals surface area contributed by atoms with Gasteiger partial charge in [-0.2, -0.15) is 0 Å². The van der Waals surface area contributed by atoms with Crippen molar-refractivity contribution >= 4 is 23.5 Å². The second-order valence-corrected chi connectivity index (χ2v) is 3.32. The number of rotatable bonds is 6. The molecule has 0 saturated heterocycles. The molecule has 0 aromatic rings. The van der Waals surface area contributed by atoms with Gasteiger partial charge in [0.05, 0.1) is 11.1 Å². The molecule has 6 heteroatoms. The molecule has 0 amide bonds. The van der Waals surface area contributed by atoms with Gasteiger partial charge in [0.25, 0.3) is 0 Å². The molecule has 0 radical (unpaired) electrons. The van der Waals surface area contributed by atoms with Crippen LogP contribution in [0.4, 0.5) is 0 Å². The summed E-state index contributed by atoms with van der Waals surface area (Å²) in [5.41, 5.74) is -1.06. The average molecular weight is 228 g/mol. The highest BCUT2D eigenvalue weighted by Crippen LogP contribution is 2.14. The molecule has 0 spiro atoms. The summed E-state index contributed by atoms with van der Waals surface area (Å²) in [7, 11) is 0. The number of carbonyl (C=O) groups is 4. The van der Waals surface area contributed by atoms with E-state index in [2.05, 4.69) is 0 Å². The lowest BCUT2D eigenvalue weighted by Crippen LogP contribution is -2.15. The molecule has 88 valence electrons. The lowest BCUT2D eigenvalue weighted by atomic mass is 9.99. The molecule has 0 heterocycles. The predicted octanol–water partition coefficient (Wildman–Crippen LogP) is 0.410. The number of carbonyl (C=O) groups excluding carboxylic acids is 2. The van der Waals surface area contributed by atoms with Gasteiger partial charge in [-0.25, -0.2) is 9.59 Å². The van der Waals surface area contributed by atoms with E-state index in [0.717, 1.165) is 13.8 Å². The van der Waals surface area contributed by atoms with Gasteiger partial charge >= 0.3 is 11.9 Å². The normalized spacial score (nSPS) is 11.6. The molecule has 0 unspecified atom stereocenters. The Hall–Kier alpha value is -1.98. The molecule has 0 rings (SSSR count). The Balaban J connectivity index is 5.43. The van der Waals surface area contributed by atoms with Crippen LogP contribution < -0.4 is 0 Å². The summed E-state index contributed by atoms with van der Waals surface area (Å²) in [5.74, 6) is -3.93. The molecule has 0 fully saturated rings. The van der Waals surface area contributed by atoms with Crippen LogP contribution in [0.25, 0.3) is 0 Å². The number of hydrogen-bond acceptors (Lipinski definition) is 4. The van der Waals surface area contributed by atoms with E-state index in [1.54, 1.807) is 0 Å². The third kappa shape index (κ3) is 4.50. The van der Waals surface area contributed by atoms with Crippen molar-refractivity contribution in [2.75, 3.05) is 0 Å². The van der Waals surface area contributed by atoms with Crippen LogP contribution in [0.2, 0.25) is 0 Å². The molecule has 0 aliphatic heterocycles. The smallest absolute Gasteiger partial charge is 0.332 e. The van der Waals surface area contributed by atoms with Crippen molar-refractivity contribution in [2.45, 2.75) is 26.7 Å². The summed E-state index contributed by atoms with van der Waals surface area (Å²) in [6, 6.07) is 0. The molecule has 0 atom stereocenters. The van der Waals surface area contributed by atoms with Gasteiger partial charge in [-0.15, -0.1) is 0 Å². The van der Waals surface area contributed by atoms with Crippen LogP contribution in [0.3, 0.4) is 0 Å². The van der Waals surface area contributed by atoms with Crippen molar-refractivity contribution in [2.24, 2.45) is 0 Å². The number of aliphatic carboxylic acids is 2. The number of carboxylic acids is 2. The van der Waals surface area contributed by atoms with E-state index in [1.165, 1.54) is 0 Å². The fraction of sp³-hybridized carbons (Fsp3) is 0.400.